The number of aryl methyl sites for hydroxylation is 1. The molecule has 2 aromatic rings. The summed E-state index contributed by atoms with van der Waals surface area (Å²) in [4.78, 5) is 26.2. The van der Waals surface area contributed by atoms with Gasteiger partial charge in [-0.1, -0.05) is 6.07 Å². The zero-order valence-electron chi connectivity index (χ0n) is 14.2. The molecule has 0 radical (unpaired) electrons. The number of nitrogens with zero attached hydrogens (tertiary/aromatic N) is 3. The van der Waals surface area contributed by atoms with Crippen molar-refractivity contribution in [1.82, 2.24) is 14.7 Å². The lowest BCUT2D eigenvalue weighted by molar-refractivity contribution is -0.286. The maximum Gasteiger partial charge on any atom is 0.586 e. The molecule has 0 aliphatic carbocycles. The lowest BCUT2D eigenvalue weighted by Gasteiger charge is -2.11. The monoisotopic (exact) mass is 363 g/mol. The average molecular weight is 363 g/mol. The lowest BCUT2D eigenvalue weighted by Crippen LogP contribution is -2.26. The van der Waals surface area contributed by atoms with Crippen LogP contribution < -0.4 is 14.9 Å². The smallest absolute Gasteiger partial charge is 0.395 e. The predicted octanol–water partition coefficient (Wildman–Crippen LogP) is 2.12. The number of alkyl halides is 2. The van der Waals surface area contributed by atoms with E-state index in [1.165, 1.54) is 43.6 Å². The summed E-state index contributed by atoms with van der Waals surface area (Å²) in [5.74, 6) is -0.988. The topological polar surface area (TPSA) is 73.7 Å². The first-order valence-electron chi connectivity index (χ1n) is 7.57. The number of hydrogen-bond donors (Lipinski definition) is 0. The fraction of sp³-hybridized carbons (Fsp3) is 0.235. The second-order valence-electron chi connectivity index (χ2n) is 5.85. The first-order valence-corrected chi connectivity index (χ1v) is 7.57. The number of ketones is 1. The van der Waals surface area contributed by atoms with Crippen LogP contribution in [0.15, 0.2) is 41.5 Å². The minimum Gasteiger partial charge on any atom is -0.395 e. The third kappa shape index (κ3) is 3.28. The third-order valence-corrected chi connectivity index (χ3v) is 3.51. The van der Waals surface area contributed by atoms with Crippen molar-refractivity contribution in [3.63, 3.8) is 0 Å². The number of carbonyl (C=O) groups excluding carboxylic acids is 1. The Hall–Kier alpha value is -3.23. The van der Waals surface area contributed by atoms with Crippen molar-refractivity contribution in [3.8, 4) is 17.2 Å². The van der Waals surface area contributed by atoms with Crippen molar-refractivity contribution in [2.24, 2.45) is 0 Å². The van der Waals surface area contributed by atoms with Crippen molar-refractivity contribution in [1.29, 1.82) is 0 Å². The van der Waals surface area contributed by atoms with E-state index in [2.05, 4.69) is 14.6 Å². The number of fused-ring (bicyclic) bond motifs is 1. The molecule has 1 aliphatic rings. The highest BCUT2D eigenvalue weighted by atomic mass is 19.3. The molecule has 0 bridgehead atoms. The Morgan fingerprint density at radius 2 is 2.04 bits per heavy atom. The van der Waals surface area contributed by atoms with Gasteiger partial charge in [-0.2, -0.15) is 5.10 Å². The van der Waals surface area contributed by atoms with E-state index in [-0.39, 0.29) is 28.4 Å². The van der Waals surface area contributed by atoms with Gasteiger partial charge in [0.05, 0.1) is 0 Å². The number of ether oxygens (including phenoxy) is 2. The van der Waals surface area contributed by atoms with Gasteiger partial charge in [0.25, 0.3) is 0 Å². The van der Waals surface area contributed by atoms with Crippen LogP contribution in [0.2, 0.25) is 0 Å². The highest BCUT2D eigenvalue weighted by Gasteiger charge is 2.44. The van der Waals surface area contributed by atoms with Gasteiger partial charge in [-0.25, -0.2) is 4.68 Å². The standard InChI is InChI=1S/C17H15F2N3O4/c1-10-9-22(20-14(15(10)24)12(23)7-8-21(2)3)11-5-4-6-13-16(11)26-17(18,19)25-13/h4-9H,1-3H3/b8-7+. The number of aromatic nitrogens is 2. The minimum atomic E-state index is -3.79. The molecular weight excluding hydrogens is 348 g/mol. The average Bonchev–Trinajstić information content (AvgIpc) is 2.88. The second-order valence-corrected chi connectivity index (χ2v) is 5.85. The molecule has 0 saturated carbocycles. The van der Waals surface area contributed by atoms with Gasteiger partial charge in [0.15, 0.2) is 17.2 Å². The first kappa shape index (κ1) is 17.6. The lowest BCUT2D eigenvalue weighted by atomic mass is 10.2. The zero-order valence-corrected chi connectivity index (χ0v) is 14.2. The molecule has 0 amide bonds. The van der Waals surface area contributed by atoms with Gasteiger partial charge >= 0.3 is 6.29 Å². The molecule has 136 valence electrons. The molecule has 0 N–H and O–H groups in total. The Balaban J connectivity index is 2.11. The van der Waals surface area contributed by atoms with E-state index < -0.39 is 17.5 Å². The summed E-state index contributed by atoms with van der Waals surface area (Å²) in [6.45, 7) is 1.50. The summed E-state index contributed by atoms with van der Waals surface area (Å²) in [6, 6.07) is 4.26. The maximum atomic E-state index is 13.4. The number of para-hydroxylation sites is 1. The summed E-state index contributed by atoms with van der Waals surface area (Å²) >= 11 is 0. The molecule has 26 heavy (non-hydrogen) atoms. The quantitative estimate of drug-likeness (QED) is 0.612. The SMILES string of the molecule is Cc1cn(-c2cccc3c2OC(F)(F)O3)nc(C(=O)/C=C/N(C)C)c1=O. The molecule has 0 fully saturated rings. The molecule has 1 aliphatic heterocycles. The summed E-state index contributed by atoms with van der Waals surface area (Å²) in [5.41, 5.74) is -0.519. The van der Waals surface area contributed by atoms with Crippen molar-refractivity contribution >= 4 is 5.78 Å². The van der Waals surface area contributed by atoms with Crippen molar-refractivity contribution in [2.75, 3.05) is 14.1 Å². The van der Waals surface area contributed by atoms with Crippen molar-refractivity contribution in [3.05, 3.63) is 58.2 Å². The highest BCUT2D eigenvalue weighted by Crippen LogP contribution is 2.44. The molecule has 2 heterocycles. The molecule has 7 nitrogen and oxygen atoms in total. The molecule has 3 rings (SSSR count). The molecule has 0 saturated heterocycles. The Kier molecular flexibility index (Phi) is 4.23. The van der Waals surface area contributed by atoms with E-state index >= 15 is 0 Å². The first-order chi connectivity index (χ1) is 12.2. The van der Waals surface area contributed by atoms with Crippen LogP contribution in [0, 0.1) is 6.92 Å². The van der Waals surface area contributed by atoms with Crippen LogP contribution >= 0.6 is 0 Å². The maximum absolute atomic E-state index is 13.4. The number of rotatable bonds is 4. The largest absolute Gasteiger partial charge is 0.586 e. The number of halogens is 2. The molecule has 0 spiro atoms. The third-order valence-electron chi connectivity index (χ3n) is 3.51. The fourth-order valence-corrected chi connectivity index (χ4v) is 2.33. The fourth-order valence-electron chi connectivity index (χ4n) is 2.33. The summed E-state index contributed by atoms with van der Waals surface area (Å²) in [7, 11) is 3.44. The van der Waals surface area contributed by atoms with Crippen LogP contribution in [-0.2, 0) is 0 Å². The number of hydrogen-bond acceptors (Lipinski definition) is 6. The van der Waals surface area contributed by atoms with Crippen LogP contribution in [0.1, 0.15) is 16.1 Å². The van der Waals surface area contributed by atoms with Gasteiger partial charge in [-0.15, -0.1) is 8.78 Å². The number of allylic oxidation sites excluding steroid dienone is 1. The Morgan fingerprint density at radius 1 is 1.31 bits per heavy atom. The van der Waals surface area contributed by atoms with Gasteiger partial charge in [0, 0.05) is 38.1 Å². The normalized spacial score (nSPS) is 14.7. The second kappa shape index (κ2) is 6.25. The van der Waals surface area contributed by atoms with E-state index in [9.17, 15) is 18.4 Å². The van der Waals surface area contributed by atoms with Crippen LogP contribution in [0.25, 0.3) is 5.69 Å². The van der Waals surface area contributed by atoms with E-state index in [0.717, 1.165) is 4.68 Å². The zero-order chi connectivity index (χ0) is 19.1. The highest BCUT2D eigenvalue weighted by molar-refractivity contribution is 6.02. The van der Waals surface area contributed by atoms with Crippen molar-refractivity contribution in [2.45, 2.75) is 13.2 Å². The summed E-state index contributed by atoms with van der Waals surface area (Å²) in [5, 5.41) is 4.01. The molecule has 1 aromatic carbocycles. The minimum absolute atomic E-state index is 0.119. The van der Waals surface area contributed by atoms with Gasteiger partial charge in [0.1, 0.15) is 5.69 Å². The van der Waals surface area contributed by atoms with Crippen LogP contribution in [-0.4, -0.2) is 40.9 Å². The molecule has 0 unspecified atom stereocenters. The van der Waals surface area contributed by atoms with Gasteiger partial charge in [0.2, 0.25) is 11.2 Å². The van der Waals surface area contributed by atoms with E-state index in [0.29, 0.717) is 0 Å². The number of benzene rings is 1. The summed E-state index contributed by atoms with van der Waals surface area (Å²) in [6.07, 6.45) is 0.231. The van der Waals surface area contributed by atoms with Crippen LogP contribution in [0.3, 0.4) is 0 Å². The van der Waals surface area contributed by atoms with E-state index in [1.54, 1.807) is 19.0 Å². The summed E-state index contributed by atoms with van der Waals surface area (Å²) < 4.78 is 36.8. The Labute approximate surface area is 147 Å². The van der Waals surface area contributed by atoms with Crippen LogP contribution in [0.5, 0.6) is 11.5 Å². The Bertz CT molecular complexity index is 967. The molecule has 1 aromatic heterocycles. The van der Waals surface area contributed by atoms with Gasteiger partial charge in [-0.05, 0) is 19.1 Å². The molecular formula is C17H15F2N3O4. The molecule has 0 atom stereocenters. The predicted molar refractivity (Wildman–Crippen MR) is 87.9 cm³/mol. The van der Waals surface area contributed by atoms with E-state index in [1.807, 2.05) is 0 Å². The van der Waals surface area contributed by atoms with Gasteiger partial charge in [-0.3, -0.25) is 9.59 Å². The Morgan fingerprint density at radius 3 is 2.73 bits per heavy atom. The van der Waals surface area contributed by atoms with E-state index in [4.69, 9.17) is 0 Å². The number of carbonyl (C=O) groups is 1. The van der Waals surface area contributed by atoms with Crippen molar-refractivity contribution < 1.29 is 23.0 Å². The van der Waals surface area contributed by atoms with Gasteiger partial charge < -0.3 is 14.4 Å². The molecule has 9 heteroatoms. The van der Waals surface area contributed by atoms with Crippen LogP contribution in [0.4, 0.5) is 8.78 Å².